The molecule has 1 aliphatic rings. The Morgan fingerprint density at radius 3 is 2.62 bits per heavy atom. The number of hydroxylamine groups is 2. The monoisotopic (exact) mass is 391 g/mol. The van der Waals surface area contributed by atoms with Crippen molar-refractivity contribution in [2.75, 3.05) is 20.2 Å². The third kappa shape index (κ3) is 3.99. The molecule has 1 aromatic carbocycles. The Hall–Kier alpha value is -1.71. The summed E-state index contributed by atoms with van der Waals surface area (Å²) < 4.78 is 56.5. The Bertz CT molecular complexity index is 797. The molecule has 0 bridgehead atoms. The lowest BCUT2D eigenvalue weighted by atomic mass is 9.88. The third-order valence-electron chi connectivity index (χ3n) is 4.35. The lowest BCUT2D eigenvalue weighted by molar-refractivity contribution is -0.241. The van der Waals surface area contributed by atoms with Crippen LogP contribution in [-0.4, -0.2) is 37.4 Å². The van der Waals surface area contributed by atoms with Crippen molar-refractivity contribution in [3.8, 4) is 0 Å². The summed E-state index contributed by atoms with van der Waals surface area (Å²) in [4.78, 5) is 16.3. The van der Waals surface area contributed by atoms with Crippen molar-refractivity contribution < 1.29 is 31.9 Å². The average Bonchev–Trinajstić information content (AvgIpc) is 2.92. The Morgan fingerprint density at radius 2 is 2.00 bits per heavy atom. The highest BCUT2D eigenvalue weighted by Crippen LogP contribution is 2.41. The zero-order valence-electron chi connectivity index (χ0n) is 13.9. The predicted octanol–water partition coefficient (Wildman–Crippen LogP) is 4.39. The topological polar surface area (TPSA) is 38.8 Å². The molecule has 142 valence electrons. The molecular weight excluding hydrogens is 374 g/mol. The summed E-state index contributed by atoms with van der Waals surface area (Å²) in [6.45, 7) is 0.800. The van der Waals surface area contributed by atoms with Crippen molar-refractivity contribution in [1.82, 2.24) is 5.06 Å². The molecule has 4 nitrogen and oxygen atoms in total. The molecule has 0 atom stereocenters. The molecule has 9 heteroatoms. The summed E-state index contributed by atoms with van der Waals surface area (Å²) in [5.74, 6) is -2.43. The molecule has 0 unspecified atom stereocenters. The number of thiophene rings is 1. The molecule has 1 aromatic heterocycles. The van der Waals surface area contributed by atoms with Gasteiger partial charge in [0.2, 0.25) is 0 Å². The number of rotatable bonds is 4. The number of carbonyl (C=O) groups is 1. The lowest BCUT2D eigenvalue weighted by Crippen LogP contribution is -2.39. The smallest absolute Gasteiger partial charge is 0.379 e. The van der Waals surface area contributed by atoms with E-state index < -0.39 is 12.1 Å². The first-order chi connectivity index (χ1) is 12.3. The van der Waals surface area contributed by atoms with Gasteiger partial charge < -0.3 is 9.57 Å². The molecule has 1 saturated heterocycles. The average molecular weight is 391 g/mol. The first-order valence-electron chi connectivity index (χ1n) is 8.03. The van der Waals surface area contributed by atoms with Gasteiger partial charge in [-0.15, -0.1) is 16.4 Å². The fourth-order valence-electron chi connectivity index (χ4n) is 3.23. The Morgan fingerprint density at radius 1 is 1.31 bits per heavy atom. The number of ether oxygens (including phenoxy) is 1. The number of methoxy groups -OCH3 is 1. The van der Waals surface area contributed by atoms with E-state index >= 15 is 0 Å². The van der Waals surface area contributed by atoms with Gasteiger partial charge in [0, 0.05) is 29.8 Å². The summed E-state index contributed by atoms with van der Waals surface area (Å²) in [6.07, 6.45) is -3.94. The molecule has 2 aromatic rings. The van der Waals surface area contributed by atoms with Gasteiger partial charge in [-0.3, -0.25) is 0 Å². The fraction of sp³-hybridized carbons (Fsp3) is 0.471. The number of hydrogen-bond donors (Lipinski definition) is 0. The van der Waals surface area contributed by atoms with Crippen LogP contribution in [0, 0.1) is 5.82 Å². The van der Waals surface area contributed by atoms with Gasteiger partial charge in [-0.05, 0) is 41.8 Å². The van der Waals surface area contributed by atoms with E-state index in [1.54, 1.807) is 13.2 Å². The van der Waals surface area contributed by atoms with E-state index in [4.69, 9.17) is 4.74 Å². The number of nitrogens with zero attached hydrogens (tertiary/aromatic N) is 1. The van der Waals surface area contributed by atoms with Gasteiger partial charge in [0.15, 0.2) is 0 Å². The van der Waals surface area contributed by atoms with Crippen LogP contribution < -0.4 is 0 Å². The van der Waals surface area contributed by atoms with Gasteiger partial charge in [-0.25, -0.2) is 9.18 Å². The van der Waals surface area contributed by atoms with Crippen LogP contribution in [0.15, 0.2) is 18.2 Å². The molecule has 2 heterocycles. The fourth-order valence-corrected chi connectivity index (χ4v) is 4.52. The van der Waals surface area contributed by atoms with Crippen molar-refractivity contribution in [2.24, 2.45) is 0 Å². The second-order valence-corrected chi connectivity index (χ2v) is 7.23. The minimum Gasteiger partial charge on any atom is -0.379 e. The number of alkyl halides is 3. The summed E-state index contributed by atoms with van der Waals surface area (Å²) in [5, 5.41) is 1.99. The Labute approximate surface area is 151 Å². The van der Waals surface area contributed by atoms with Crippen LogP contribution in [0.25, 0.3) is 10.1 Å². The van der Waals surface area contributed by atoms with Crippen molar-refractivity contribution in [1.29, 1.82) is 0 Å². The van der Waals surface area contributed by atoms with E-state index in [0.717, 1.165) is 25.6 Å². The highest BCUT2D eigenvalue weighted by molar-refractivity contribution is 7.19. The number of carbonyl (C=O) groups excluding carboxylic acids is 1. The van der Waals surface area contributed by atoms with Gasteiger partial charge in [-0.2, -0.15) is 13.2 Å². The van der Waals surface area contributed by atoms with Gasteiger partial charge in [0.05, 0.1) is 6.61 Å². The molecule has 0 aliphatic carbocycles. The quantitative estimate of drug-likeness (QED) is 0.725. The number of fused-ring (bicyclic) bond motifs is 1. The highest BCUT2D eigenvalue weighted by atomic mass is 32.1. The molecule has 3 rings (SSSR count). The number of piperidine rings is 1. The van der Waals surface area contributed by atoms with E-state index in [1.165, 1.54) is 23.5 Å². The Balaban J connectivity index is 1.77. The van der Waals surface area contributed by atoms with Crippen LogP contribution in [0.5, 0.6) is 0 Å². The van der Waals surface area contributed by atoms with Crippen LogP contribution in [0.2, 0.25) is 0 Å². The van der Waals surface area contributed by atoms with Gasteiger partial charge >= 0.3 is 12.1 Å². The molecular formula is C17H17F4NO3S. The number of benzene rings is 1. The van der Waals surface area contributed by atoms with E-state index in [-0.39, 0.29) is 24.8 Å². The van der Waals surface area contributed by atoms with Gasteiger partial charge in [-0.1, -0.05) is 6.07 Å². The molecule has 1 aliphatic heterocycles. The number of hydrogen-bond acceptors (Lipinski definition) is 5. The van der Waals surface area contributed by atoms with Crippen LogP contribution in [0.4, 0.5) is 17.6 Å². The first-order valence-corrected chi connectivity index (χ1v) is 8.85. The maximum atomic E-state index is 13.5. The van der Waals surface area contributed by atoms with E-state index in [0.29, 0.717) is 19.4 Å². The molecule has 0 saturated carbocycles. The maximum absolute atomic E-state index is 13.5. The minimum atomic E-state index is -5.00. The van der Waals surface area contributed by atoms with Crippen molar-refractivity contribution in [3.05, 3.63) is 34.5 Å². The summed E-state index contributed by atoms with van der Waals surface area (Å²) in [6, 6.07) is 4.60. The van der Waals surface area contributed by atoms with Crippen LogP contribution in [-0.2, 0) is 21.0 Å². The SMILES string of the molecule is COCc1sc2cc(F)ccc2c1C1CCN(OC(=O)C(F)(F)F)CC1. The second-order valence-electron chi connectivity index (χ2n) is 6.09. The second kappa shape index (κ2) is 7.50. The molecule has 0 radical (unpaired) electrons. The van der Waals surface area contributed by atoms with Gasteiger partial charge in [0.1, 0.15) is 5.82 Å². The van der Waals surface area contributed by atoms with Crippen molar-refractivity contribution >= 4 is 27.4 Å². The molecule has 1 fully saturated rings. The van der Waals surface area contributed by atoms with Crippen LogP contribution in [0.3, 0.4) is 0 Å². The normalized spacial score (nSPS) is 17.0. The zero-order chi connectivity index (χ0) is 18.9. The van der Waals surface area contributed by atoms with Crippen LogP contribution in [0.1, 0.15) is 29.2 Å². The third-order valence-corrected chi connectivity index (χ3v) is 5.49. The van der Waals surface area contributed by atoms with Crippen LogP contribution >= 0.6 is 11.3 Å². The van der Waals surface area contributed by atoms with E-state index in [2.05, 4.69) is 4.84 Å². The van der Waals surface area contributed by atoms with Gasteiger partial charge in [0.25, 0.3) is 0 Å². The minimum absolute atomic E-state index is 0.0835. The zero-order valence-corrected chi connectivity index (χ0v) is 14.8. The van der Waals surface area contributed by atoms with Crippen molar-refractivity contribution in [3.63, 3.8) is 0 Å². The predicted molar refractivity (Wildman–Crippen MR) is 88.2 cm³/mol. The number of halogens is 4. The maximum Gasteiger partial charge on any atom is 0.492 e. The molecule has 0 spiro atoms. The largest absolute Gasteiger partial charge is 0.492 e. The summed E-state index contributed by atoms with van der Waals surface area (Å²) >= 11 is 1.46. The van der Waals surface area contributed by atoms with E-state index in [1.807, 2.05) is 0 Å². The summed E-state index contributed by atoms with van der Waals surface area (Å²) in [7, 11) is 1.58. The lowest BCUT2D eigenvalue weighted by Gasteiger charge is -2.31. The molecule has 0 amide bonds. The summed E-state index contributed by atoms with van der Waals surface area (Å²) in [5.41, 5.74) is 1.05. The Kier molecular flexibility index (Phi) is 5.50. The molecule has 0 N–H and O–H groups in total. The standard InChI is InChI=1S/C17H17F4NO3S/c1-24-9-14-15(12-3-2-11(18)8-13(12)26-14)10-4-6-22(7-5-10)25-16(23)17(19,20)21/h2-3,8,10H,4-7,9H2,1H3. The molecule has 26 heavy (non-hydrogen) atoms. The van der Waals surface area contributed by atoms with E-state index in [9.17, 15) is 22.4 Å². The van der Waals surface area contributed by atoms with Crippen molar-refractivity contribution in [2.45, 2.75) is 31.5 Å². The first kappa shape index (κ1) is 19.1. The highest BCUT2D eigenvalue weighted by Gasteiger charge is 2.43.